The van der Waals surface area contributed by atoms with Crippen molar-refractivity contribution >= 4 is 16.9 Å². The highest BCUT2D eigenvalue weighted by atomic mass is 16.4. The predicted octanol–water partition coefficient (Wildman–Crippen LogP) is 3.51. The molecule has 2 heterocycles. The maximum atomic E-state index is 11.0. The Labute approximate surface area is 129 Å². The van der Waals surface area contributed by atoms with Crippen molar-refractivity contribution in [3.8, 4) is 0 Å². The van der Waals surface area contributed by atoms with Gasteiger partial charge in [-0.1, -0.05) is 6.07 Å². The smallest absolute Gasteiger partial charge is 0.306 e. The van der Waals surface area contributed by atoms with Gasteiger partial charge in [-0.3, -0.25) is 9.69 Å². The Hall–Kier alpha value is -1.81. The molecule has 4 heteroatoms. The molecular formula is C18H21NO3. The van der Waals surface area contributed by atoms with Gasteiger partial charge in [-0.05, 0) is 68.0 Å². The molecule has 0 amide bonds. The van der Waals surface area contributed by atoms with E-state index in [1.54, 1.807) is 6.26 Å². The Bertz CT molecular complexity index is 689. The molecular weight excluding hydrogens is 278 g/mol. The van der Waals surface area contributed by atoms with E-state index in [0.29, 0.717) is 5.41 Å². The van der Waals surface area contributed by atoms with E-state index in [2.05, 4.69) is 17.0 Å². The standard InChI is InChI=1S/C18H21NO3/c20-17(21)15-10-18(11-15)4-6-19(7-5-18)12-13-1-2-16-14(9-13)3-8-22-16/h1-3,8-9,15H,4-7,10-12H2,(H,20,21). The molecule has 0 atom stereocenters. The van der Waals surface area contributed by atoms with Crippen molar-refractivity contribution < 1.29 is 14.3 Å². The van der Waals surface area contributed by atoms with E-state index in [-0.39, 0.29) is 5.92 Å². The van der Waals surface area contributed by atoms with Crippen LogP contribution < -0.4 is 0 Å². The molecule has 1 aromatic heterocycles. The highest BCUT2D eigenvalue weighted by Crippen LogP contribution is 2.52. The number of piperidine rings is 1. The zero-order valence-electron chi connectivity index (χ0n) is 12.6. The fourth-order valence-electron chi connectivity index (χ4n) is 4.13. The second-order valence-corrected chi connectivity index (χ2v) is 7.01. The minimum Gasteiger partial charge on any atom is -0.481 e. The normalized spacial score (nSPS) is 22.0. The number of hydrogen-bond donors (Lipinski definition) is 1. The van der Waals surface area contributed by atoms with Crippen LogP contribution in [0.3, 0.4) is 0 Å². The van der Waals surface area contributed by atoms with Gasteiger partial charge in [0.25, 0.3) is 0 Å². The average Bonchev–Trinajstić information content (AvgIpc) is 2.93. The van der Waals surface area contributed by atoms with Crippen molar-refractivity contribution in [1.29, 1.82) is 0 Å². The van der Waals surface area contributed by atoms with Crippen LogP contribution in [0.25, 0.3) is 11.0 Å². The molecule has 0 radical (unpaired) electrons. The van der Waals surface area contributed by atoms with Crippen LogP contribution in [0.1, 0.15) is 31.2 Å². The zero-order chi connectivity index (χ0) is 15.2. The van der Waals surface area contributed by atoms with Crippen LogP contribution in [0.2, 0.25) is 0 Å². The van der Waals surface area contributed by atoms with E-state index in [0.717, 1.165) is 56.3 Å². The van der Waals surface area contributed by atoms with E-state index in [4.69, 9.17) is 9.52 Å². The molecule has 2 aromatic rings. The van der Waals surface area contributed by atoms with Gasteiger partial charge in [0.2, 0.25) is 0 Å². The monoisotopic (exact) mass is 299 g/mol. The van der Waals surface area contributed by atoms with Gasteiger partial charge in [-0.2, -0.15) is 0 Å². The predicted molar refractivity (Wildman–Crippen MR) is 83.5 cm³/mol. The third-order valence-corrected chi connectivity index (χ3v) is 5.55. The third-order valence-electron chi connectivity index (χ3n) is 5.55. The Morgan fingerprint density at radius 3 is 2.77 bits per heavy atom. The minimum atomic E-state index is -0.610. The highest BCUT2D eigenvalue weighted by Gasteiger charge is 2.48. The number of benzene rings is 1. The molecule has 1 saturated carbocycles. The molecule has 0 bridgehead atoms. The van der Waals surface area contributed by atoms with Crippen LogP contribution in [0.15, 0.2) is 34.9 Å². The number of furan rings is 1. The number of carboxylic acid groups (broad SMARTS) is 1. The molecule has 0 unspecified atom stereocenters. The van der Waals surface area contributed by atoms with Crippen LogP contribution in [0.4, 0.5) is 0 Å². The summed E-state index contributed by atoms with van der Waals surface area (Å²) in [6, 6.07) is 8.39. The molecule has 1 aliphatic heterocycles. The number of carbonyl (C=O) groups is 1. The summed E-state index contributed by atoms with van der Waals surface area (Å²) in [7, 11) is 0. The second kappa shape index (κ2) is 5.13. The van der Waals surface area contributed by atoms with Gasteiger partial charge in [0, 0.05) is 11.9 Å². The lowest BCUT2D eigenvalue weighted by Crippen LogP contribution is -2.48. The number of rotatable bonds is 3. The van der Waals surface area contributed by atoms with Crippen molar-refractivity contribution in [3.05, 3.63) is 36.1 Å². The van der Waals surface area contributed by atoms with Crippen molar-refractivity contribution in [1.82, 2.24) is 4.90 Å². The first-order valence-corrected chi connectivity index (χ1v) is 8.05. The molecule has 2 fully saturated rings. The molecule has 1 aliphatic carbocycles. The Kier molecular flexibility index (Phi) is 3.22. The lowest BCUT2D eigenvalue weighted by Gasteiger charge is -2.51. The van der Waals surface area contributed by atoms with Crippen LogP contribution in [0.5, 0.6) is 0 Å². The number of likely N-dealkylation sites (tertiary alicyclic amines) is 1. The second-order valence-electron chi connectivity index (χ2n) is 7.01. The van der Waals surface area contributed by atoms with Gasteiger partial charge in [0.05, 0.1) is 12.2 Å². The van der Waals surface area contributed by atoms with Crippen LogP contribution in [-0.2, 0) is 11.3 Å². The van der Waals surface area contributed by atoms with Gasteiger partial charge in [-0.15, -0.1) is 0 Å². The number of fused-ring (bicyclic) bond motifs is 1. The number of nitrogens with zero attached hydrogens (tertiary/aromatic N) is 1. The molecule has 1 spiro atoms. The third kappa shape index (κ3) is 2.41. The fraction of sp³-hybridized carbons (Fsp3) is 0.500. The van der Waals surface area contributed by atoms with Crippen molar-refractivity contribution in [3.63, 3.8) is 0 Å². The zero-order valence-corrected chi connectivity index (χ0v) is 12.6. The molecule has 4 rings (SSSR count). The van der Waals surface area contributed by atoms with E-state index in [1.807, 2.05) is 12.1 Å². The average molecular weight is 299 g/mol. The maximum Gasteiger partial charge on any atom is 0.306 e. The number of carboxylic acids is 1. The van der Waals surface area contributed by atoms with E-state index in [1.165, 1.54) is 5.56 Å². The van der Waals surface area contributed by atoms with Gasteiger partial charge in [-0.25, -0.2) is 0 Å². The molecule has 2 aliphatic rings. The van der Waals surface area contributed by atoms with Gasteiger partial charge < -0.3 is 9.52 Å². The minimum absolute atomic E-state index is 0.0879. The molecule has 1 aromatic carbocycles. The summed E-state index contributed by atoms with van der Waals surface area (Å²) in [6.07, 6.45) is 5.79. The van der Waals surface area contributed by atoms with Crippen molar-refractivity contribution in [2.24, 2.45) is 11.3 Å². The van der Waals surface area contributed by atoms with Gasteiger partial charge in [0.1, 0.15) is 5.58 Å². The summed E-state index contributed by atoms with van der Waals surface area (Å²) in [5, 5.41) is 10.2. The molecule has 1 N–H and O–H groups in total. The van der Waals surface area contributed by atoms with Gasteiger partial charge in [0.15, 0.2) is 0 Å². The first-order valence-electron chi connectivity index (χ1n) is 8.05. The molecule has 116 valence electrons. The topological polar surface area (TPSA) is 53.7 Å². The van der Waals surface area contributed by atoms with Crippen molar-refractivity contribution in [2.45, 2.75) is 32.2 Å². The number of aliphatic carboxylic acids is 1. The summed E-state index contributed by atoms with van der Waals surface area (Å²) in [6.45, 7) is 3.13. The van der Waals surface area contributed by atoms with Crippen LogP contribution >= 0.6 is 0 Å². The summed E-state index contributed by atoms with van der Waals surface area (Å²) in [5.74, 6) is -0.698. The Morgan fingerprint density at radius 1 is 1.27 bits per heavy atom. The van der Waals surface area contributed by atoms with Crippen molar-refractivity contribution in [2.75, 3.05) is 13.1 Å². The fourth-order valence-corrected chi connectivity index (χ4v) is 4.13. The van der Waals surface area contributed by atoms with Crippen LogP contribution in [-0.4, -0.2) is 29.1 Å². The first-order chi connectivity index (χ1) is 10.6. The summed E-state index contributed by atoms with van der Waals surface area (Å²) in [4.78, 5) is 13.5. The van der Waals surface area contributed by atoms with E-state index in [9.17, 15) is 4.79 Å². The Balaban J connectivity index is 1.35. The lowest BCUT2D eigenvalue weighted by molar-refractivity contribution is -0.152. The molecule has 1 saturated heterocycles. The highest BCUT2D eigenvalue weighted by molar-refractivity contribution is 5.77. The molecule has 22 heavy (non-hydrogen) atoms. The maximum absolute atomic E-state index is 11.0. The number of hydrogen-bond acceptors (Lipinski definition) is 3. The quantitative estimate of drug-likeness (QED) is 0.942. The summed E-state index contributed by atoms with van der Waals surface area (Å²) in [5.41, 5.74) is 2.59. The summed E-state index contributed by atoms with van der Waals surface area (Å²) >= 11 is 0. The SMILES string of the molecule is O=C(O)C1CC2(CCN(Cc3ccc4occc4c3)CC2)C1. The first kappa shape index (κ1) is 13.8. The lowest BCUT2D eigenvalue weighted by atomic mass is 9.57. The summed E-state index contributed by atoms with van der Waals surface area (Å²) < 4.78 is 5.38. The largest absolute Gasteiger partial charge is 0.481 e. The van der Waals surface area contributed by atoms with Crippen LogP contribution in [0, 0.1) is 11.3 Å². The van der Waals surface area contributed by atoms with E-state index < -0.39 is 5.97 Å². The van der Waals surface area contributed by atoms with Gasteiger partial charge >= 0.3 is 5.97 Å². The van der Waals surface area contributed by atoms with E-state index >= 15 is 0 Å². The Morgan fingerprint density at radius 2 is 2.05 bits per heavy atom. The molecule has 4 nitrogen and oxygen atoms in total.